The number of hydrogen-bond donors (Lipinski definition) is 4. The molecular weight excluding hydrogens is 413 g/mol. The Kier molecular flexibility index (Phi) is 5.97. The largest absolute Gasteiger partial charge is 0.396 e. The van der Waals surface area contributed by atoms with Gasteiger partial charge in [0.05, 0.1) is 17.2 Å². The molecule has 1 aromatic carbocycles. The number of aliphatic hydroxyl groups is 1. The molecule has 0 saturated heterocycles. The van der Waals surface area contributed by atoms with Gasteiger partial charge in [-0.05, 0) is 69.4 Å². The second-order valence-electron chi connectivity index (χ2n) is 8.43. The van der Waals surface area contributed by atoms with Gasteiger partial charge in [-0.2, -0.15) is 0 Å². The van der Waals surface area contributed by atoms with Crippen LogP contribution in [0.5, 0.6) is 0 Å². The fourth-order valence-corrected chi connectivity index (χ4v) is 4.64. The van der Waals surface area contributed by atoms with Gasteiger partial charge in [-0.15, -0.1) is 0 Å². The van der Waals surface area contributed by atoms with E-state index in [1.54, 1.807) is 19.9 Å². The maximum Gasteiger partial charge on any atom is 0.256 e. The summed E-state index contributed by atoms with van der Waals surface area (Å²) in [5, 5.41) is 14.6. The molecule has 2 aliphatic rings. The van der Waals surface area contributed by atoms with Crippen molar-refractivity contribution in [2.45, 2.75) is 45.6 Å². The third kappa shape index (κ3) is 3.98. The molecule has 2 heterocycles. The van der Waals surface area contributed by atoms with Crippen LogP contribution in [0.15, 0.2) is 18.2 Å². The normalized spacial score (nSPS) is 21.2. The Bertz CT molecular complexity index is 1130. The monoisotopic (exact) mass is 439 g/mol. The number of aromatic amines is 1. The van der Waals surface area contributed by atoms with Crippen LogP contribution in [0.25, 0.3) is 11.6 Å². The number of carbonyl (C=O) groups excluding carboxylic acids is 3. The number of carbonyl (C=O) groups is 3. The van der Waals surface area contributed by atoms with Crippen LogP contribution in [0, 0.1) is 25.6 Å². The third-order valence-electron chi connectivity index (χ3n) is 6.32. The van der Waals surface area contributed by atoms with E-state index in [-0.39, 0.29) is 30.1 Å². The number of H-pyrrole nitrogens is 1. The lowest BCUT2D eigenvalue weighted by atomic mass is 10.0. The summed E-state index contributed by atoms with van der Waals surface area (Å²) in [4.78, 5) is 41.1. The van der Waals surface area contributed by atoms with Gasteiger partial charge < -0.3 is 20.7 Å². The summed E-state index contributed by atoms with van der Waals surface area (Å²) in [5.74, 6) is -1.23. The molecule has 2 amide bonds. The molecule has 4 rings (SSSR count). The van der Waals surface area contributed by atoms with E-state index in [9.17, 15) is 18.8 Å². The highest BCUT2D eigenvalue weighted by molar-refractivity contribution is 6.34. The average Bonchev–Trinajstić information content (AvgIpc) is 3.35. The number of Topliss-reactive ketones (excluding diaryl/α,β-unsaturated/α-hetero) is 1. The van der Waals surface area contributed by atoms with E-state index >= 15 is 0 Å². The van der Waals surface area contributed by atoms with Crippen molar-refractivity contribution in [3.8, 4) is 0 Å². The van der Waals surface area contributed by atoms with Gasteiger partial charge in [-0.1, -0.05) is 0 Å². The Hall–Kier alpha value is -3.26. The first-order chi connectivity index (χ1) is 15.3. The maximum absolute atomic E-state index is 13.7. The minimum absolute atomic E-state index is 0.0150. The van der Waals surface area contributed by atoms with E-state index in [1.807, 2.05) is 0 Å². The smallest absolute Gasteiger partial charge is 0.256 e. The van der Waals surface area contributed by atoms with Gasteiger partial charge in [0.1, 0.15) is 5.82 Å². The zero-order valence-electron chi connectivity index (χ0n) is 18.0. The van der Waals surface area contributed by atoms with Crippen LogP contribution in [-0.4, -0.2) is 40.3 Å². The van der Waals surface area contributed by atoms with Crippen LogP contribution in [0.2, 0.25) is 0 Å². The molecule has 0 radical (unpaired) electrons. The van der Waals surface area contributed by atoms with Gasteiger partial charge in [-0.3, -0.25) is 14.4 Å². The molecule has 1 aliphatic heterocycles. The highest BCUT2D eigenvalue weighted by Crippen LogP contribution is 2.34. The molecule has 168 valence electrons. The van der Waals surface area contributed by atoms with Gasteiger partial charge in [-0.25, -0.2) is 4.39 Å². The van der Waals surface area contributed by atoms with Crippen molar-refractivity contribution in [3.63, 3.8) is 0 Å². The Morgan fingerprint density at radius 1 is 1.28 bits per heavy atom. The topological polar surface area (TPSA) is 111 Å². The molecule has 1 aromatic heterocycles. The van der Waals surface area contributed by atoms with Gasteiger partial charge in [0.25, 0.3) is 11.8 Å². The highest BCUT2D eigenvalue weighted by Gasteiger charge is 2.35. The third-order valence-corrected chi connectivity index (χ3v) is 6.32. The van der Waals surface area contributed by atoms with E-state index in [0.29, 0.717) is 65.0 Å². The summed E-state index contributed by atoms with van der Waals surface area (Å²) >= 11 is 0. The number of benzene rings is 1. The first kappa shape index (κ1) is 22.0. The van der Waals surface area contributed by atoms with Gasteiger partial charge in [0, 0.05) is 35.2 Å². The predicted octanol–water partition coefficient (Wildman–Crippen LogP) is 3.11. The Balaban J connectivity index is 1.56. The van der Waals surface area contributed by atoms with E-state index in [0.717, 1.165) is 0 Å². The number of rotatable bonds is 6. The lowest BCUT2D eigenvalue weighted by molar-refractivity contribution is -0.122. The highest BCUT2D eigenvalue weighted by atomic mass is 19.1. The first-order valence-electron chi connectivity index (χ1n) is 10.8. The summed E-state index contributed by atoms with van der Waals surface area (Å²) in [6.07, 6.45) is 4.11. The van der Waals surface area contributed by atoms with Crippen molar-refractivity contribution in [3.05, 3.63) is 52.1 Å². The van der Waals surface area contributed by atoms with Crippen molar-refractivity contribution >= 4 is 34.9 Å². The number of anilines is 1. The fraction of sp³-hybridized carbons (Fsp3) is 0.375. The Morgan fingerprint density at radius 2 is 2.06 bits per heavy atom. The Labute approximate surface area is 185 Å². The number of halogens is 1. The summed E-state index contributed by atoms with van der Waals surface area (Å²) in [7, 11) is 0. The first-order valence-corrected chi connectivity index (χ1v) is 10.8. The summed E-state index contributed by atoms with van der Waals surface area (Å²) < 4.78 is 13.7. The summed E-state index contributed by atoms with van der Waals surface area (Å²) in [6, 6.07) is 3.57. The van der Waals surface area contributed by atoms with Crippen LogP contribution in [0.3, 0.4) is 0 Å². The molecule has 1 aliphatic carbocycles. The number of aliphatic hydroxyl groups excluding tert-OH is 1. The molecular formula is C24H26FN3O4. The molecule has 0 bridgehead atoms. The van der Waals surface area contributed by atoms with Crippen molar-refractivity contribution in [2.24, 2.45) is 5.92 Å². The number of ketones is 1. The summed E-state index contributed by atoms with van der Waals surface area (Å²) in [5.41, 5.74) is 3.60. The van der Waals surface area contributed by atoms with Crippen LogP contribution in [-0.2, 0) is 9.59 Å². The zero-order chi connectivity index (χ0) is 23.0. The van der Waals surface area contributed by atoms with Crippen LogP contribution < -0.4 is 10.6 Å². The zero-order valence-corrected chi connectivity index (χ0v) is 18.0. The van der Waals surface area contributed by atoms with Crippen molar-refractivity contribution < 1.29 is 23.9 Å². The molecule has 7 nitrogen and oxygen atoms in total. The second-order valence-corrected chi connectivity index (χ2v) is 8.43. The van der Waals surface area contributed by atoms with Crippen molar-refractivity contribution in [1.82, 2.24) is 10.3 Å². The van der Waals surface area contributed by atoms with Gasteiger partial charge >= 0.3 is 0 Å². The number of aryl methyl sites for hydroxylation is 1. The van der Waals surface area contributed by atoms with Gasteiger partial charge in [0.15, 0.2) is 5.78 Å². The maximum atomic E-state index is 13.7. The van der Waals surface area contributed by atoms with Crippen LogP contribution in [0.1, 0.15) is 58.6 Å². The molecule has 2 aromatic rings. The van der Waals surface area contributed by atoms with E-state index in [1.165, 1.54) is 18.2 Å². The standard InChI is InChI=1S/C24H26FN3O4/c1-12-20(11-17-16-10-15(25)6-8-18(16)27-23(17)31)26-13(2)21(12)24(32)28-19-7-5-14(22(19)30)4-3-9-29/h6,8,10-11,14,19,26,29H,3-5,7,9H2,1-2H3,(H,27,31)(H,28,32)/b17-11-/t14?,19-/m0/s1. The molecule has 32 heavy (non-hydrogen) atoms. The number of nitrogens with one attached hydrogen (secondary N) is 3. The number of amides is 2. The molecule has 8 heteroatoms. The van der Waals surface area contributed by atoms with Crippen molar-refractivity contribution in [1.29, 1.82) is 0 Å². The molecule has 4 N–H and O–H groups in total. The minimum Gasteiger partial charge on any atom is -0.396 e. The van der Waals surface area contributed by atoms with E-state index in [4.69, 9.17) is 5.11 Å². The SMILES string of the molecule is Cc1[nH]c(/C=C2\C(=O)Nc3ccc(F)cc32)c(C)c1C(=O)N[C@H]1CCC(CCCO)C1=O. The molecule has 0 spiro atoms. The second kappa shape index (κ2) is 8.70. The van der Waals surface area contributed by atoms with Gasteiger partial charge in [0.2, 0.25) is 0 Å². The fourth-order valence-electron chi connectivity index (χ4n) is 4.64. The minimum atomic E-state index is -0.530. The van der Waals surface area contributed by atoms with Crippen LogP contribution in [0.4, 0.5) is 10.1 Å². The number of aromatic nitrogens is 1. The lowest BCUT2D eigenvalue weighted by Crippen LogP contribution is -2.39. The van der Waals surface area contributed by atoms with Crippen LogP contribution >= 0.6 is 0 Å². The van der Waals surface area contributed by atoms with E-state index in [2.05, 4.69) is 15.6 Å². The number of fused-ring (bicyclic) bond motifs is 1. The van der Waals surface area contributed by atoms with E-state index < -0.39 is 11.9 Å². The molecule has 1 unspecified atom stereocenters. The molecule has 1 fully saturated rings. The molecule has 1 saturated carbocycles. The molecule has 2 atom stereocenters. The predicted molar refractivity (Wildman–Crippen MR) is 118 cm³/mol. The quantitative estimate of drug-likeness (QED) is 0.518. The average molecular weight is 439 g/mol. The van der Waals surface area contributed by atoms with Crippen molar-refractivity contribution in [2.75, 3.05) is 11.9 Å². The summed E-state index contributed by atoms with van der Waals surface area (Å²) in [6.45, 7) is 3.58. The Morgan fingerprint density at radius 3 is 2.81 bits per heavy atom. The number of hydrogen-bond acceptors (Lipinski definition) is 4. The lowest BCUT2D eigenvalue weighted by Gasteiger charge is -2.13.